The second kappa shape index (κ2) is 9.17. The number of sulfonamides is 1. The molecule has 1 atom stereocenters. The zero-order chi connectivity index (χ0) is 19.1. The van der Waals surface area contributed by atoms with Gasteiger partial charge < -0.3 is 10.1 Å². The van der Waals surface area contributed by atoms with Crippen LogP contribution in [0.5, 0.6) is 5.75 Å². The summed E-state index contributed by atoms with van der Waals surface area (Å²) in [6.45, 7) is 3.76. The van der Waals surface area contributed by atoms with Gasteiger partial charge in [-0.05, 0) is 48.7 Å². The van der Waals surface area contributed by atoms with Gasteiger partial charge in [-0.3, -0.25) is 0 Å². The van der Waals surface area contributed by atoms with Crippen LogP contribution in [0.25, 0.3) is 0 Å². The Morgan fingerprint density at radius 1 is 1.11 bits per heavy atom. The summed E-state index contributed by atoms with van der Waals surface area (Å²) >= 11 is 0. The summed E-state index contributed by atoms with van der Waals surface area (Å²) in [5, 5.41) is 3.26. The van der Waals surface area contributed by atoms with Crippen LogP contribution in [-0.2, 0) is 16.4 Å². The highest BCUT2D eigenvalue weighted by Gasteiger charge is 2.19. The van der Waals surface area contributed by atoms with Crippen molar-refractivity contribution in [1.82, 2.24) is 10.0 Å². The molecule has 27 heavy (non-hydrogen) atoms. The first-order valence-corrected chi connectivity index (χ1v) is 10.8. The summed E-state index contributed by atoms with van der Waals surface area (Å²) in [7, 11) is -3.51. The highest BCUT2D eigenvalue weighted by Crippen LogP contribution is 2.19. The largest absolute Gasteiger partial charge is 0.462 e. The van der Waals surface area contributed by atoms with E-state index in [4.69, 9.17) is 4.74 Å². The van der Waals surface area contributed by atoms with E-state index in [2.05, 4.69) is 16.1 Å². The minimum absolute atomic E-state index is 0.158. The Morgan fingerprint density at radius 3 is 2.48 bits per heavy atom. The zero-order valence-electron chi connectivity index (χ0n) is 15.5. The molecule has 0 bridgehead atoms. The van der Waals surface area contributed by atoms with Crippen LogP contribution in [-0.4, -0.2) is 27.5 Å². The lowest BCUT2D eigenvalue weighted by atomic mass is 10.0. The Labute approximate surface area is 161 Å². The van der Waals surface area contributed by atoms with Gasteiger partial charge in [0.05, 0.1) is 4.90 Å². The van der Waals surface area contributed by atoms with Crippen LogP contribution in [0.1, 0.15) is 25.3 Å². The molecule has 1 heterocycles. The number of hydrogen-bond donors (Lipinski definition) is 2. The van der Waals surface area contributed by atoms with Crippen molar-refractivity contribution in [2.75, 3.05) is 13.1 Å². The molecule has 0 saturated carbocycles. The SMILES string of the molecule is CC[C@H](Cc1ccc(OC2=CCNCC2)cc1)NS(=O)(=O)c1ccccc1. The lowest BCUT2D eigenvalue weighted by molar-refractivity contribution is 0.388. The first kappa shape index (κ1) is 19.6. The van der Waals surface area contributed by atoms with Crippen molar-refractivity contribution in [2.45, 2.75) is 37.1 Å². The van der Waals surface area contributed by atoms with Crippen molar-refractivity contribution in [3.63, 3.8) is 0 Å². The highest BCUT2D eigenvalue weighted by atomic mass is 32.2. The maximum absolute atomic E-state index is 12.5. The van der Waals surface area contributed by atoms with E-state index < -0.39 is 10.0 Å². The van der Waals surface area contributed by atoms with Gasteiger partial charge in [-0.1, -0.05) is 37.3 Å². The monoisotopic (exact) mass is 386 g/mol. The highest BCUT2D eigenvalue weighted by molar-refractivity contribution is 7.89. The van der Waals surface area contributed by atoms with E-state index in [1.807, 2.05) is 31.2 Å². The van der Waals surface area contributed by atoms with Crippen LogP contribution in [0.4, 0.5) is 0 Å². The molecule has 0 aliphatic carbocycles. The van der Waals surface area contributed by atoms with Crippen LogP contribution in [0.15, 0.2) is 71.3 Å². The van der Waals surface area contributed by atoms with Crippen LogP contribution >= 0.6 is 0 Å². The molecule has 1 aliphatic heterocycles. The number of ether oxygens (including phenoxy) is 1. The second-order valence-electron chi connectivity index (χ2n) is 6.61. The molecule has 5 nitrogen and oxygen atoms in total. The summed E-state index contributed by atoms with van der Waals surface area (Å²) in [5.41, 5.74) is 1.07. The molecule has 0 unspecified atom stereocenters. The molecule has 0 radical (unpaired) electrons. The average molecular weight is 387 g/mol. The molecule has 0 spiro atoms. The third-order valence-corrected chi connectivity index (χ3v) is 6.08. The van der Waals surface area contributed by atoms with Crippen molar-refractivity contribution in [3.8, 4) is 5.75 Å². The molecular formula is C21H26N2O3S. The lowest BCUT2D eigenvalue weighted by Gasteiger charge is -2.18. The summed E-state index contributed by atoms with van der Waals surface area (Å²) in [6.07, 6.45) is 4.30. The molecule has 0 aromatic heterocycles. The predicted octanol–water partition coefficient (Wildman–Crippen LogP) is 3.24. The molecule has 6 heteroatoms. The van der Waals surface area contributed by atoms with Gasteiger partial charge in [0.15, 0.2) is 0 Å². The van der Waals surface area contributed by atoms with E-state index in [-0.39, 0.29) is 6.04 Å². The topological polar surface area (TPSA) is 67.4 Å². The molecule has 1 aliphatic rings. The van der Waals surface area contributed by atoms with Gasteiger partial charge in [0.25, 0.3) is 0 Å². The van der Waals surface area contributed by atoms with Gasteiger partial charge in [0.2, 0.25) is 10.0 Å². The Hall–Kier alpha value is -2.15. The third-order valence-electron chi connectivity index (χ3n) is 4.54. The molecule has 3 rings (SSSR count). The fourth-order valence-electron chi connectivity index (χ4n) is 2.98. The number of hydrogen-bond acceptors (Lipinski definition) is 4. The third kappa shape index (κ3) is 5.66. The Bertz CT molecular complexity index is 862. The van der Waals surface area contributed by atoms with Crippen molar-refractivity contribution < 1.29 is 13.2 Å². The van der Waals surface area contributed by atoms with Gasteiger partial charge in [-0.25, -0.2) is 13.1 Å². The first-order chi connectivity index (χ1) is 13.1. The second-order valence-corrected chi connectivity index (χ2v) is 8.33. The Kier molecular flexibility index (Phi) is 6.66. The lowest BCUT2D eigenvalue weighted by Crippen LogP contribution is -2.35. The van der Waals surface area contributed by atoms with Crippen molar-refractivity contribution >= 4 is 10.0 Å². The van der Waals surface area contributed by atoms with Crippen LogP contribution in [0.2, 0.25) is 0 Å². The van der Waals surface area contributed by atoms with E-state index in [9.17, 15) is 8.42 Å². The van der Waals surface area contributed by atoms with E-state index >= 15 is 0 Å². The Balaban J connectivity index is 1.61. The number of nitrogens with one attached hydrogen (secondary N) is 2. The molecule has 0 saturated heterocycles. The van der Waals surface area contributed by atoms with Crippen molar-refractivity contribution in [2.24, 2.45) is 0 Å². The summed E-state index contributed by atoms with van der Waals surface area (Å²) in [5.74, 6) is 1.80. The molecule has 0 fully saturated rings. The smallest absolute Gasteiger partial charge is 0.240 e. The van der Waals surface area contributed by atoms with Gasteiger partial charge in [-0.15, -0.1) is 0 Å². The van der Waals surface area contributed by atoms with Gasteiger partial charge in [0.1, 0.15) is 11.5 Å². The Morgan fingerprint density at radius 2 is 1.85 bits per heavy atom. The van der Waals surface area contributed by atoms with E-state index in [0.29, 0.717) is 17.7 Å². The average Bonchev–Trinajstić information content (AvgIpc) is 2.70. The maximum Gasteiger partial charge on any atom is 0.240 e. The van der Waals surface area contributed by atoms with Crippen LogP contribution in [0.3, 0.4) is 0 Å². The van der Waals surface area contributed by atoms with Crippen molar-refractivity contribution in [1.29, 1.82) is 0 Å². The number of rotatable bonds is 8. The molecule has 2 aromatic rings. The van der Waals surface area contributed by atoms with Gasteiger partial charge >= 0.3 is 0 Å². The fourth-order valence-corrected chi connectivity index (χ4v) is 4.32. The molecule has 2 N–H and O–H groups in total. The van der Waals surface area contributed by atoms with Crippen molar-refractivity contribution in [3.05, 3.63) is 72.0 Å². The predicted molar refractivity (Wildman–Crippen MR) is 107 cm³/mol. The summed E-state index contributed by atoms with van der Waals surface area (Å²) < 4.78 is 33.8. The molecule has 2 aromatic carbocycles. The minimum atomic E-state index is -3.51. The zero-order valence-corrected chi connectivity index (χ0v) is 16.3. The molecular weight excluding hydrogens is 360 g/mol. The quantitative estimate of drug-likeness (QED) is 0.731. The van der Waals surface area contributed by atoms with E-state index in [0.717, 1.165) is 36.6 Å². The summed E-state index contributed by atoms with van der Waals surface area (Å²) in [4.78, 5) is 0.294. The fraction of sp³-hybridized carbons (Fsp3) is 0.333. The summed E-state index contributed by atoms with van der Waals surface area (Å²) in [6, 6.07) is 16.2. The standard InChI is InChI=1S/C21H26N2O3S/c1-2-18(23-27(24,25)21-6-4-3-5-7-21)16-17-8-10-19(11-9-17)26-20-12-14-22-15-13-20/h3-12,18,22-23H,2,13-16H2,1H3/t18-/m1/s1. The molecule has 144 valence electrons. The normalized spacial score (nSPS) is 15.8. The van der Waals surface area contributed by atoms with Crippen LogP contribution < -0.4 is 14.8 Å². The van der Waals surface area contributed by atoms with Crippen LogP contribution in [0, 0.1) is 0 Å². The minimum Gasteiger partial charge on any atom is -0.462 e. The number of benzene rings is 2. The molecule has 0 amide bonds. The van der Waals surface area contributed by atoms with Gasteiger partial charge in [-0.2, -0.15) is 0 Å². The van der Waals surface area contributed by atoms with E-state index in [1.165, 1.54) is 0 Å². The first-order valence-electron chi connectivity index (χ1n) is 9.31. The van der Waals surface area contributed by atoms with Gasteiger partial charge in [0, 0.05) is 25.6 Å². The maximum atomic E-state index is 12.5. The van der Waals surface area contributed by atoms with E-state index in [1.54, 1.807) is 30.3 Å².